The van der Waals surface area contributed by atoms with Crippen molar-refractivity contribution >= 4 is 16.7 Å². The number of anilines is 1. The third-order valence-corrected chi connectivity index (χ3v) is 8.31. The van der Waals surface area contributed by atoms with Gasteiger partial charge in [0.05, 0.1) is 29.1 Å². The maximum Gasteiger partial charge on any atom is 0.252 e. The van der Waals surface area contributed by atoms with Crippen LogP contribution in [-0.4, -0.2) is 50.2 Å². The van der Waals surface area contributed by atoms with Crippen molar-refractivity contribution in [3.63, 3.8) is 0 Å². The zero-order chi connectivity index (χ0) is 29.1. The zero-order valence-corrected chi connectivity index (χ0v) is 23.9. The molecule has 2 aliphatic rings. The first-order valence-corrected chi connectivity index (χ1v) is 13.9. The van der Waals surface area contributed by atoms with Gasteiger partial charge < -0.3 is 14.2 Å². The summed E-state index contributed by atoms with van der Waals surface area (Å²) >= 11 is 0. The standard InChI is InChI=1S/C32H33FN6O2/c1-19-18-39(20(2)17-38(19)27-13-28(40)37(5)26-12-10-23(15-34)36-29(26)27)30(25-11-9-22(33)16-35-25)24-8-6-7-21-14-32(3,4)41-31(21)24/h6-13,16,19-20,30H,14,17-18H2,1-5H3/t19-,20+,30?/m0/s1. The van der Waals surface area contributed by atoms with Crippen LogP contribution in [0.15, 0.2) is 59.5 Å². The Kier molecular flexibility index (Phi) is 6.54. The normalized spacial score (nSPS) is 20.9. The van der Waals surface area contributed by atoms with Gasteiger partial charge in [0.1, 0.15) is 34.4 Å². The predicted molar refractivity (Wildman–Crippen MR) is 156 cm³/mol. The number of nitrogens with zero attached hydrogens (tertiary/aromatic N) is 6. The van der Waals surface area contributed by atoms with Crippen molar-refractivity contribution in [1.29, 1.82) is 5.26 Å². The Bertz CT molecular complexity index is 1740. The summed E-state index contributed by atoms with van der Waals surface area (Å²) in [5, 5.41) is 9.50. The molecule has 0 bridgehead atoms. The second-order valence-electron chi connectivity index (χ2n) is 11.8. The molecule has 2 aliphatic heterocycles. The molecule has 1 unspecified atom stereocenters. The van der Waals surface area contributed by atoms with E-state index in [1.165, 1.54) is 12.3 Å². The topological polar surface area (TPSA) is 87.3 Å². The third kappa shape index (κ3) is 4.72. The Morgan fingerprint density at radius 2 is 1.93 bits per heavy atom. The Hall–Kier alpha value is -4.29. The van der Waals surface area contributed by atoms with Crippen molar-refractivity contribution in [1.82, 2.24) is 19.4 Å². The van der Waals surface area contributed by atoms with E-state index in [0.717, 1.165) is 34.7 Å². The molecule has 1 saturated heterocycles. The number of aromatic nitrogens is 3. The van der Waals surface area contributed by atoms with Crippen LogP contribution in [-0.2, 0) is 13.5 Å². The second-order valence-corrected chi connectivity index (χ2v) is 11.8. The monoisotopic (exact) mass is 552 g/mol. The molecule has 4 aromatic rings. The Labute approximate surface area is 238 Å². The number of pyridine rings is 3. The average Bonchev–Trinajstić information content (AvgIpc) is 3.28. The van der Waals surface area contributed by atoms with Gasteiger partial charge in [0.15, 0.2) is 0 Å². The molecule has 9 heteroatoms. The molecule has 5 heterocycles. The highest BCUT2D eigenvalue weighted by atomic mass is 19.1. The summed E-state index contributed by atoms with van der Waals surface area (Å²) in [5.74, 6) is 0.498. The van der Waals surface area contributed by atoms with Gasteiger partial charge in [-0.1, -0.05) is 18.2 Å². The summed E-state index contributed by atoms with van der Waals surface area (Å²) in [6.07, 6.45) is 2.08. The van der Waals surface area contributed by atoms with E-state index in [1.54, 1.807) is 35.9 Å². The van der Waals surface area contributed by atoms with E-state index in [2.05, 4.69) is 71.7 Å². The smallest absolute Gasteiger partial charge is 0.252 e. The van der Waals surface area contributed by atoms with Crippen LogP contribution in [0.1, 0.15) is 56.3 Å². The van der Waals surface area contributed by atoms with Crippen LogP contribution < -0.4 is 15.2 Å². The molecule has 0 amide bonds. The number of piperazine rings is 1. The molecule has 3 aromatic heterocycles. The summed E-state index contributed by atoms with van der Waals surface area (Å²) in [4.78, 5) is 26.7. The van der Waals surface area contributed by atoms with Crippen LogP contribution in [0, 0.1) is 17.1 Å². The van der Waals surface area contributed by atoms with E-state index >= 15 is 0 Å². The SMILES string of the molecule is C[C@@H]1CN(c2cc(=O)n(C)c3ccc(C#N)nc23)[C@@H](C)CN1C(c1ccc(F)cn1)c1cccc2c1OC(C)(C)C2. The molecule has 41 heavy (non-hydrogen) atoms. The van der Waals surface area contributed by atoms with Crippen molar-refractivity contribution in [3.8, 4) is 11.8 Å². The van der Waals surface area contributed by atoms with Gasteiger partial charge >= 0.3 is 0 Å². The van der Waals surface area contributed by atoms with Crippen LogP contribution in [0.25, 0.3) is 11.0 Å². The largest absolute Gasteiger partial charge is 0.487 e. The van der Waals surface area contributed by atoms with Crippen molar-refractivity contribution in [2.75, 3.05) is 18.0 Å². The highest BCUT2D eigenvalue weighted by molar-refractivity contribution is 5.89. The lowest BCUT2D eigenvalue weighted by Crippen LogP contribution is -2.57. The van der Waals surface area contributed by atoms with Crippen LogP contribution in [0.3, 0.4) is 0 Å². The van der Waals surface area contributed by atoms with Gasteiger partial charge in [-0.15, -0.1) is 0 Å². The fourth-order valence-corrected chi connectivity index (χ4v) is 6.35. The number of para-hydroxylation sites is 1. The summed E-state index contributed by atoms with van der Waals surface area (Å²) in [7, 11) is 1.72. The van der Waals surface area contributed by atoms with Crippen LogP contribution in [0.4, 0.5) is 10.1 Å². The Balaban J connectivity index is 1.42. The minimum Gasteiger partial charge on any atom is -0.487 e. The minimum absolute atomic E-state index is 0.00823. The van der Waals surface area contributed by atoms with Gasteiger partial charge in [-0.05, 0) is 57.5 Å². The lowest BCUT2D eigenvalue weighted by Gasteiger charge is -2.48. The number of halogens is 1. The van der Waals surface area contributed by atoms with E-state index in [1.807, 2.05) is 0 Å². The molecule has 0 aliphatic carbocycles. The van der Waals surface area contributed by atoms with Gasteiger partial charge in [0, 0.05) is 50.3 Å². The highest BCUT2D eigenvalue weighted by Gasteiger charge is 2.40. The quantitative estimate of drug-likeness (QED) is 0.361. The van der Waals surface area contributed by atoms with Gasteiger partial charge in [-0.25, -0.2) is 9.37 Å². The molecule has 0 N–H and O–H groups in total. The minimum atomic E-state index is -0.379. The fraction of sp³-hybridized carbons (Fsp3) is 0.375. The molecule has 210 valence electrons. The van der Waals surface area contributed by atoms with Crippen molar-refractivity contribution in [3.05, 3.63) is 93.4 Å². The predicted octanol–water partition coefficient (Wildman–Crippen LogP) is 4.74. The van der Waals surface area contributed by atoms with Crippen molar-refractivity contribution in [2.24, 2.45) is 7.05 Å². The zero-order valence-electron chi connectivity index (χ0n) is 23.9. The molecular formula is C32H33FN6O2. The molecule has 0 radical (unpaired) electrons. The molecule has 3 atom stereocenters. The van der Waals surface area contributed by atoms with Crippen LogP contribution in [0.5, 0.6) is 5.75 Å². The van der Waals surface area contributed by atoms with Crippen LogP contribution >= 0.6 is 0 Å². The third-order valence-electron chi connectivity index (χ3n) is 8.31. The summed E-state index contributed by atoms with van der Waals surface area (Å²) in [6.45, 7) is 9.71. The fourth-order valence-electron chi connectivity index (χ4n) is 6.35. The average molecular weight is 553 g/mol. The number of benzene rings is 1. The van der Waals surface area contributed by atoms with Crippen LogP contribution in [0.2, 0.25) is 0 Å². The van der Waals surface area contributed by atoms with Gasteiger partial charge in [0.2, 0.25) is 0 Å². The molecular weight excluding hydrogens is 519 g/mol. The van der Waals surface area contributed by atoms with E-state index in [9.17, 15) is 14.4 Å². The summed E-state index contributed by atoms with van der Waals surface area (Å²) < 4.78 is 22.0. The number of aryl methyl sites for hydroxylation is 1. The molecule has 6 rings (SSSR count). The van der Waals surface area contributed by atoms with Gasteiger partial charge in [0.25, 0.3) is 5.56 Å². The van der Waals surface area contributed by atoms with E-state index in [4.69, 9.17) is 4.74 Å². The number of fused-ring (bicyclic) bond motifs is 2. The number of ether oxygens (including phenoxy) is 1. The number of rotatable bonds is 4. The Morgan fingerprint density at radius 1 is 1.12 bits per heavy atom. The lowest BCUT2D eigenvalue weighted by molar-refractivity contribution is 0.114. The maximum absolute atomic E-state index is 14.0. The van der Waals surface area contributed by atoms with Gasteiger partial charge in [-0.3, -0.25) is 14.7 Å². The van der Waals surface area contributed by atoms with Crippen molar-refractivity contribution in [2.45, 2.75) is 57.8 Å². The van der Waals surface area contributed by atoms with Gasteiger partial charge in [-0.2, -0.15) is 5.26 Å². The van der Waals surface area contributed by atoms with Crippen molar-refractivity contribution < 1.29 is 9.13 Å². The lowest BCUT2D eigenvalue weighted by atomic mass is 9.93. The first kappa shape index (κ1) is 26.9. The molecule has 1 fully saturated rings. The first-order chi connectivity index (χ1) is 19.6. The molecule has 1 aromatic carbocycles. The Morgan fingerprint density at radius 3 is 2.66 bits per heavy atom. The maximum atomic E-state index is 14.0. The van der Waals surface area contributed by atoms with E-state index in [-0.39, 0.29) is 35.1 Å². The molecule has 8 nitrogen and oxygen atoms in total. The molecule has 0 spiro atoms. The first-order valence-electron chi connectivity index (χ1n) is 13.9. The second kappa shape index (κ2) is 9.96. The highest BCUT2D eigenvalue weighted by Crippen LogP contribution is 2.44. The number of hydrogen-bond donors (Lipinski definition) is 0. The summed E-state index contributed by atoms with van der Waals surface area (Å²) in [6, 6.07) is 16.4. The number of hydrogen-bond acceptors (Lipinski definition) is 7. The van der Waals surface area contributed by atoms with E-state index < -0.39 is 0 Å². The molecule has 0 saturated carbocycles. The van der Waals surface area contributed by atoms with E-state index in [0.29, 0.717) is 29.8 Å². The number of nitriles is 1. The summed E-state index contributed by atoms with van der Waals surface area (Å²) in [5.41, 5.74) is 4.82.